The molecule has 0 radical (unpaired) electrons. The van der Waals surface area contributed by atoms with E-state index in [-0.39, 0.29) is 5.91 Å². The first-order valence-corrected chi connectivity index (χ1v) is 10.4. The van der Waals surface area contributed by atoms with Crippen molar-refractivity contribution in [2.24, 2.45) is 0 Å². The molecule has 0 spiro atoms. The summed E-state index contributed by atoms with van der Waals surface area (Å²) in [5, 5.41) is 8.26. The van der Waals surface area contributed by atoms with Crippen molar-refractivity contribution in [1.29, 1.82) is 0 Å². The molecule has 0 aliphatic heterocycles. The number of nitrogens with one attached hydrogen (secondary N) is 3. The first-order valence-electron chi connectivity index (χ1n) is 10.4. The Balaban J connectivity index is 1.57. The molecule has 26 heavy (non-hydrogen) atoms. The van der Waals surface area contributed by atoms with Crippen molar-refractivity contribution in [1.82, 2.24) is 10.3 Å². The zero-order valence-electron chi connectivity index (χ0n) is 15.9. The zero-order chi connectivity index (χ0) is 17.9. The smallest absolute Gasteiger partial charge is 0.224 e. The number of aryl methyl sites for hydroxylation is 1. The van der Waals surface area contributed by atoms with Crippen molar-refractivity contribution in [3.63, 3.8) is 0 Å². The average molecular weight is 354 g/mol. The lowest BCUT2D eigenvalue weighted by molar-refractivity contribution is -0.116. The summed E-state index contributed by atoms with van der Waals surface area (Å²) >= 11 is 0. The second kappa shape index (κ2) is 7.83. The van der Waals surface area contributed by atoms with Crippen LogP contribution in [0.4, 0.5) is 5.69 Å². The summed E-state index contributed by atoms with van der Waals surface area (Å²) in [5.74, 6) is 0.105. The van der Waals surface area contributed by atoms with Gasteiger partial charge in [-0.1, -0.05) is 26.2 Å². The maximum atomic E-state index is 11.9. The van der Waals surface area contributed by atoms with Crippen LogP contribution in [0.15, 0.2) is 18.2 Å². The lowest BCUT2D eigenvalue weighted by Gasteiger charge is -2.31. The fourth-order valence-electron chi connectivity index (χ4n) is 4.71. The minimum absolute atomic E-state index is 0.105. The van der Waals surface area contributed by atoms with Crippen LogP contribution >= 0.6 is 0 Å². The Bertz CT molecular complexity index is 773. The summed E-state index contributed by atoms with van der Waals surface area (Å²) in [6.07, 6.45) is 11.8. The van der Waals surface area contributed by atoms with Crippen LogP contribution in [0.3, 0.4) is 0 Å². The highest BCUT2D eigenvalue weighted by molar-refractivity contribution is 5.95. The van der Waals surface area contributed by atoms with Gasteiger partial charge in [0.15, 0.2) is 0 Å². The molecule has 1 atom stereocenters. The summed E-state index contributed by atoms with van der Waals surface area (Å²) < 4.78 is 0. The molecule has 1 aromatic heterocycles. The van der Waals surface area contributed by atoms with Gasteiger partial charge < -0.3 is 15.6 Å². The van der Waals surface area contributed by atoms with Gasteiger partial charge in [-0.25, -0.2) is 0 Å². The number of rotatable bonds is 5. The number of benzene rings is 1. The second-order valence-corrected chi connectivity index (χ2v) is 8.02. The molecular weight excluding hydrogens is 322 g/mol. The Morgan fingerprint density at radius 2 is 2.00 bits per heavy atom. The SMILES string of the molecule is CCCC(=O)Nc1ccc2[nH]c3c(c2c1)CCCC3NC1CCCCC1. The van der Waals surface area contributed by atoms with Crippen molar-refractivity contribution in [3.8, 4) is 0 Å². The quantitative estimate of drug-likeness (QED) is 0.691. The van der Waals surface area contributed by atoms with Gasteiger partial charge >= 0.3 is 0 Å². The van der Waals surface area contributed by atoms with Crippen LogP contribution in [0.1, 0.15) is 82.0 Å². The Hall–Kier alpha value is -1.81. The molecule has 140 valence electrons. The van der Waals surface area contributed by atoms with Crippen molar-refractivity contribution >= 4 is 22.5 Å². The van der Waals surface area contributed by atoms with E-state index in [1.54, 1.807) is 0 Å². The van der Waals surface area contributed by atoms with E-state index < -0.39 is 0 Å². The van der Waals surface area contributed by atoms with Crippen LogP contribution in [-0.4, -0.2) is 16.9 Å². The number of hydrogen-bond acceptors (Lipinski definition) is 2. The van der Waals surface area contributed by atoms with E-state index in [4.69, 9.17) is 0 Å². The molecule has 4 nitrogen and oxygen atoms in total. The summed E-state index contributed by atoms with van der Waals surface area (Å²) in [5.41, 5.74) is 4.95. The molecule has 3 N–H and O–H groups in total. The fraction of sp³-hybridized carbons (Fsp3) is 0.591. The predicted octanol–water partition coefficient (Wildman–Crippen LogP) is 5.21. The molecule has 2 aliphatic rings. The van der Waals surface area contributed by atoms with E-state index in [1.807, 2.05) is 13.0 Å². The third kappa shape index (κ3) is 3.66. The molecular formula is C22H31N3O. The number of fused-ring (bicyclic) bond motifs is 3. The van der Waals surface area contributed by atoms with Crippen molar-refractivity contribution < 1.29 is 4.79 Å². The van der Waals surface area contributed by atoms with Gasteiger partial charge in [-0.05, 0) is 62.3 Å². The van der Waals surface area contributed by atoms with Crippen molar-refractivity contribution in [2.75, 3.05) is 5.32 Å². The number of amides is 1. The number of H-pyrrole nitrogens is 1. The molecule has 1 aromatic carbocycles. The molecule has 2 aliphatic carbocycles. The van der Waals surface area contributed by atoms with Crippen LogP contribution in [0.25, 0.3) is 10.9 Å². The van der Waals surface area contributed by atoms with E-state index in [9.17, 15) is 4.79 Å². The Labute approximate surface area is 156 Å². The zero-order valence-corrected chi connectivity index (χ0v) is 15.9. The van der Waals surface area contributed by atoms with Gasteiger partial charge in [-0.3, -0.25) is 4.79 Å². The van der Waals surface area contributed by atoms with Crippen LogP contribution in [-0.2, 0) is 11.2 Å². The number of hydrogen-bond donors (Lipinski definition) is 3. The third-order valence-corrected chi connectivity index (χ3v) is 6.01. The van der Waals surface area contributed by atoms with Gasteiger partial charge in [-0.2, -0.15) is 0 Å². The number of aromatic nitrogens is 1. The molecule has 2 aromatic rings. The number of carbonyl (C=O) groups excluding carboxylic acids is 1. The van der Waals surface area contributed by atoms with E-state index in [0.717, 1.165) is 18.5 Å². The minimum atomic E-state index is 0.105. The number of anilines is 1. The van der Waals surface area contributed by atoms with Crippen LogP contribution < -0.4 is 10.6 Å². The fourth-order valence-corrected chi connectivity index (χ4v) is 4.71. The van der Waals surface area contributed by atoms with Gasteiger partial charge in [0.05, 0.1) is 0 Å². The molecule has 1 unspecified atom stereocenters. The Kier molecular flexibility index (Phi) is 5.30. The number of aromatic amines is 1. The minimum Gasteiger partial charge on any atom is -0.357 e. The van der Waals surface area contributed by atoms with Crippen LogP contribution in [0, 0.1) is 0 Å². The summed E-state index contributed by atoms with van der Waals surface area (Å²) in [6.45, 7) is 2.03. The van der Waals surface area contributed by atoms with E-state index in [1.165, 1.54) is 67.1 Å². The molecule has 0 bridgehead atoms. The molecule has 1 fully saturated rings. The highest BCUT2D eigenvalue weighted by atomic mass is 16.1. The Morgan fingerprint density at radius 1 is 1.15 bits per heavy atom. The normalized spacial score (nSPS) is 20.9. The van der Waals surface area contributed by atoms with E-state index in [2.05, 4.69) is 27.8 Å². The lowest BCUT2D eigenvalue weighted by Crippen LogP contribution is -2.36. The van der Waals surface area contributed by atoms with Crippen molar-refractivity contribution in [3.05, 3.63) is 29.5 Å². The molecule has 1 heterocycles. The van der Waals surface area contributed by atoms with Gasteiger partial charge in [-0.15, -0.1) is 0 Å². The maximum absolute atomic E-state index is 11.9. The maximum Gasteiger partial charge on any atom is 0.224 e. The third-order valence-electron chi connectivity index (χ3n) is 6.01. The van der Waals surface area contributed by atoms with Gasteiger partial charge in [0.2, 0.25) is 5.91 Å². The highest BCUT2D eigenvalue weighted by Crippen LogP contribution is 2.36. The first-order chi connectivity index (χ1) is 12.7. The summed E-state index contributed by atoms with van der Waals surface area (Å²) in [7, 11) is 0. The predicted molar refractivity (Wildman–Crippen MR) is 108 cm³/mol. The van der Waals surface area contributed by atoms with Crippen molar-refractivity contribution in [2.45, 2.75) is 83.2 Å². The average Bonchev–Trinajstić information content (AvgIpc) is 3.02. The van der Waals surface area contributed by atoms with E-state index in [0.29, 0.717) is 18.5 Å². The molecule has 4 heteroatoms. The second-order valence-electron chi connectivity index (χ2n) is 8.02. The van der Waals surface area contributed by atoms with Crippen LogP contribution in [0.5, 0.6) is 0 Å². The summed E-state index contributed by atoms with van der Waals surface area (Å²) in [6, 6.07) is 7.41. The van der Waals surface area contributed by atoms with Crippen LogP contribution in [0.2, 0.25) is 0 Å². The topological polar surface area (TPSA) is 56.9 Å². The van der Waals surface area contributed by atoms with Gasteiger partial charge in [0.25, 0.3) is 0 Å². The summed E-state index contributed by atoms with van der Waals surface area (Å²) in [4.78, 5) is 15.6. The molecule has 0 saturated heterocycles. The molecule has 1 saturated carbocycles. The highest BCUT2D eigenvalue weighted by Gasteiger charge is 2.26. The molecule has 1 amide bonds. The largest absolute Gasteiger partial charge is 0.357 e. The Morgan fingerprint density at radius 3 is 2.81 bits per heavy atom. The first kappa shape index (κ1) is 17.6. The van der Waals surface area contributed by atoms with E-state index >= 15 is 0 Å². The number of carbonyl (C=O) groups is 1. The monoisotopic (exact) mass is 353 g/mol. The lowest BCUT2D eigenvalue weighted by atomic mass is 9.89. The van der Waals surface area contributed by atoms with Gasteiger partial charge in [0.1, 0.15) is 0 Å². The van der Waals surface area contributed by atoms with Gasteiger partial charge in [0, 0.05) is 40.8 Å². The standard InChI is InChI=1S/C22H31N3O/c1-2-7-21(26)24-16-12-13-19-18(14-16)17-10-6-11-20(22(17)25-19)23-15-8-4-3-5-9-15/h12-15,20,23,25H,2-11H2,1H3,(H,24,26). The molecule has 4 rings (SSSR count).